The van der Waals surface area contributed by atoms with E-state index in [1.807, 2.05) is 18.2 Å². The molecular weight excluding hydrogens is 141 g/mol. The minimum atomic E-state index is -1.22. The summed E-state index contributed by atoms with van der Waals surface area (Å²) in [6.07, 6.45) is 0.469. The smallest absolute Gasteiger partial charge is 0.152 e. The molecule has 2 heteroatoms. The average Bonchev–Trinajstić information content (AvgIpc) is 2.64. The van der Waals surface area contributed by atoms with Gasteiger partial charge in [0.1, 0.15) is 0 Å². The Hall–Kier alpha value is -0.890. The predicted octanol–water partition coefficient (Wildman–Crippen LogP) is 1.58. The highest BCUT2D eigenvalue weighted by atomic mass is 19.1. The van der Waals surface area contributed by atoms with Crippen LogP contribution in [0.15, 0.2) is 30.3 Å². The van der Waals surface area contributed by atoms with Gasteiger partial charge in [0.05, 0.1) is 0 Å². The van der Waals surface area contributed by atoms with Crippen molar-refractivity contribution in [3.8, 4) is 0 Å². The predicted molar refractivity (Wildman–Crippen MR) is 41.8 cm³/mol. The molecule has 0 radical (unpaired) electrons. The molecule has 1 aromatic rings. The van der Waals surface area contributed by atoms with Crippen LogP contribution in [0.2, 0.25) is 0 Å². The summed E-state index contributed by atoms with van der Waals surface area (Å²) in [6.45, 7) is 0. The second-order valence-electron chi connectivity index (χ2n) is 3.04. The Balaban J connectivity index is 2.32. The molecule has 1 nitrogen and oxygen atoms in total. The van der Waals surface area contributed by atoms with Crippen molar-refractivity contribution in [2.75, 3.05) is 0 Å². The van der Waals surface area contributed by atoms with Gasteiger partial charge in [-0.25, -0.2) is 4.39 Å². The SMILES string of the molecule is NC1C[C@]1(F)c1ccccc1. The lowest BCUT2D eigenvalue weighted by molar-refractivity contribution is 0.306. The molecule has 0 saturated heterocycles. The minimum Gasteiger partial charge on any atom is -0.325 e. The normalized spacial score (nSPS) is 35.3. The molecule has 1 aliphatic carbocycles. The fraction of sp³-hybridized carbons (Fsp3) is 0.333. The molecular formula is C9H10FN. The second-order valence-corrected chi connectivity index (χ2v) is 3.04. The van der Waals surface area contributed by atoms with Crippen LogP contribution < -0.4 is 5.73 Å². The van der Waals surface area contributed by atoms with E-state index in [0.29, 0.717) is 12.0 Å². The fourth-order valence-electron chi connectivity index (χ4n) is 1.31. The number of benzene rings is 1. The Morgan fingerprint density at radius 2 is 1.91 bits per heavy atom. The molecule has 2 rings (SSSR count). The molecule has 0 amide bonds. The van der Waals surface area contributed by atoms with Gasteiger partial charge in [0.15, 0.2) is 5.67 Å². The summed E-state index contributed by atoms with van der Waals surface area (Å²) >= 11 is 0. The molecule has 0 aromatic heterocycles. The first-order valence-electron chi connectivity index (χ1n) is 3.73. The zero-order chi connectivity index (χ0) is 7.90. The van der Waals surface area contributed by atoms with Gasteiger partial charge in [0, 0.05) is 12.5 Å². The van der Waals surface area contributed by atoms with Crippen LogP contribution in [-0.2, 0) is 5.67 Å². The van der Waals surface area contributed by atoms with Crippen LogP contribution in [0.3, 0.4) is 0 Å². The first-order valence-corrected chi connectivity index (χ1v) is 3.73. The molecule has 0 bridgehead atoms. The number of rotatable bonds is 1. The van der Waals surface area contributed by atoms with Crippen LogP contribution in [0.4, 0.5) is 4.39 Å². The van der Waals surface area contributed by atoms with Crippen molar-refractivity contribution >= 4 is 0 Å². The molecule has 1 fully saturated rings. The summed E-state index contributed by atoms with van der Waals surface area (Å²) in [7, 11) is 0. The highest BCUT2D eigenvalue weighted by Crippen LogP contribution is 2.48. The van der Waals surface area contributed by atoms with Gasteiger partial charge in [0.25, 0.3) is 0 Å². The van der Waals surface area contributed by atoms with E-state index in [9.17, 15) is 4.39 Å². The van der Waals surface area contributed by atoms with Gasteiger partial charge >= 0.3 is 0 Å². The number of alkyl halides is 1. The zero-order valence-corrected chi connectivity index (χ0v) is 6.13. The summed E-state index contributed by atoms with van der Waals surface area (Å²) in [5.41, 5.74) is 4.95. The van der Waals surface area contributed by atoms with Gasteiger partial charge in [-0.1, -0.05) is 30.3 Å². The third-order valence-electron chi connectivity index (χ3n) is 2.20. The van der Waals surface area contributed by atoms with E-state index < -0.39 is 5.67 Å². The highest BCUT2D eigenvalue weighted by molar-refractivity contribution is 5.31. The van der Waals surface area contributed by atoms with Crippen molar-refractivity contribution in [2.45, 2.75) is 18.1 Å². The Labute approximate surface area is 65.0 Å². The summed E-state index contributed by atoms with van der Waals surface area (Å²) in [4.78, 5) is 0. The molecule has 1 saturated carbocycles. The molecule has 1 aliphatic rings. The maximum atomic E-state index is 13.5. The molecule has 0 aliphatic heterocycles. The van der Waals surface area contributed by atoms with Crippen LogP contribution in [0.25, 0.3) is 0 Å². The topological polar surface area (TPSA) is 26.0 Å². The van der Waals surface area contributed by atoms with Crippen molar-refractivity contribution in [3.05, 3.63) is 35.9 Å². The van der Waals surface area contributed by atoms with Gasteiger partial charge in [-0.05, 0) is 5.56 Å². The third-order valence-corrected chi connectivity index (χ3v) is 2.20. The van der Waals surface area contributed by atoms with E-state index >= 15 is 0 Å². The number of nitrogens with two attached hydrogens (primary N) is 1. The molecule has 2 atom stereocenters. The minimum absolute atomic E-state index is 0.287. The largest absolute Gasteiger partial charge is 0.325 e. The van der Waals surface area contributed by atoms with Gasteiger partial charge < -0.3 is 5.73 Å². The Kier molecular flexibility index (Phi) is 1.26. The zero-order valence-electron chi connectivity index (χ0n) is 6.13. The summed E-state index contributed by atoms with van der Waals surface area (Å²) < 4.78 is 13.5. The van der Waals surface area contributed by atoms with Crippen LogP contribution in [0.5, 0.6) is 0 Å². The van der Waals surface area contributed by atoms with E-state index in [1.54, 1.807) is 12.1 Å². The first-order chi connectivity index (χ1) is 5.23. The van der Waals surface area contributed by atoms with Crippen molar-refractivity contribution in [1.82, 2.24) is 0 Å². The van der Waals surface area contributed by atoms with Crippen LogP contribution >= 0.6 is 0 Å². The third kappa shape index (κ3) is 0.942. The second kappa shape index (κ2) is 2.05. The maximum absolute atomic E-state index is 13.5. The van der Waals surface area contributed by atoms with Gasteiger partial charge in [-0.3, -0.25) is 0 Å². The molecule has 1 aromatic carbocycles. The lowest BCUT2D eigenvalue weighted by Gasteiger charge is -2.04. The average molecular weight is 151 g/mol. The van der Waals surface area contributed by atoms with E-state index in [0.717, 1.165) is 0 Å². The molecule has 2 N–H and O–H groups in total. The Morgan fingerprint density at radius 1 is 1.36 bits per heavy atom. The van der Waals surface area contributed by atoms with Gasteiger partial charge in [-0.2, -0.15) is 0 Å². The van der Waals surface area contributed by atoms with Crippen molar-refractivity contribution in [3.63, 3.8) is 0 Å². The van der Waals surface area contributed by atoms with Gasteiger partial charge in [0.2, 0.25) is 0 Å². The molecule has 0 spiro atoms. The van der Waals surface area contributed by atoms with Crippen LogP contribution in [-0.4, -0.2) is 6.04 Å². The van der Waals surface area contributed by atoms with Crippen LogP contribution in [0.1, 0.15) is 12.0 Å². The first kappa shape index (κ1) is 6.80. The van der Waals surface area contributed by atoms with E-state index in [2.05, 4.69) is 0 Å². The molecule has 11 heavy (non-hydrogen) atoms. The summed E-state index contributed by atoms with van der Waals surface area (Å²) in [5.74, 6) is 0. The van der Waals surface area contributed by atoms with Crippen LogP contribution in [0, 0.1) is 0 Å². The highest BCUT2D eigenvalue weighted by Gasteiger charge is 2.54. The Morgan fingerprint density at radius 3 is 2.36 bits per heavy atom. The molecule has 58 valence electrons. The van der Waals surface area contributed by atoms with Gasteiger partial charge in [-0.15, -0.1) is 0 Å². The standard InChI is InChI=1S/C9H10FN/c10-9(6-8(9)11)7-4-2-1-3-5-7/h1-5,8H,6,11H2/t8?,9-/m0/s1. The summed E-state index contributed by atoms with van der Waals surface area (Å²) in [6, 6.07) is 8.83. The lowest BCUT2D eigenvalue weighted by Crippen LogP contribution is -2.12. The number of hydrogen-bond acceptors (Lipinski definition) is 1. The molecule has 0 heterocycles. The van der Waals surface area contributed by atoms with Crippen molar-refractivity contribution < 1.29 is 4.39 Å². The van der Waals surface area contributed by atoms with Crippen molar-refractivity contribution in [2.24, 2.45) is 5.73 Å². The summed E-state index contributed by atoms with van der Waals surface area (Å²) in [5, 5.41) is 0. The fourth-order valence-corrected chi connectivity index (χ4v) is 1.31. The maximum Gasteiger partial charge on any atom is 0.152 e. The van der Waals surface area contributed by atoms with E-state index in [1.165, 1.54) is 0 Å². The number of halogens is 1. The quantitative estimate of drug-likeness (QED) is 0.648. The van der Waals surface area contributed by atoms with E-state index in [-0.39, 0.29) is 6.04 Å². The number of hydrogen-bond donors (Lipinski definition) is 1. The Bertz CT molecular complexity index is 260. The lowest BCUT2D eigenvalue weighted by atomic mass is 10.1. The molecule has 1 unspecified atom stereocenters. The van der Waals surface area contributed by atoms with E-state index in [4.69, 9.17) is 5.73 Å². The van der Waals surface area contributed by atoms with Crippen molar-refractivity contribution in [1.29, 1.82) is 0 Å². The monoisotopic (exact) mass is 151 g/mol.